The molecule has 5 nitrogen and oxygen atoms in total. The van der Waals surface area contributed by atoms with Crippen molar-refractivity contribution in [1.82, 2.24) is 4.98 Å². The van der Waals surface area contributed by atoms with E-state index in [4.69, 9.17) is 9.15 Å². The van der Waals surface area contributed by atoms with Gasteiger partial charge in [-0.3, -0.25) is 4.79 Å². The molecule has 0 radical (unpaired) electrons. The number of hydrogen-bond acceptors (Lipinski definition) is 4. The Labute approximate surface area is 127 Å². The lowest BCUT2D eigenvalue weighted by Gasteiger charge is -2.03. The molecular formula is C17H16N2O3. The molecule has 0 aliphatic rings. The van der Waals surface area contributed by atoms with Gasteiger partial charge in [0, 0.05) is 16.6 Å². The van der Waals surface area contributed by atoms with Crippen LogP contribution in [-0.4, -0.2) is 18.0 Å². The van der Waals surface area contributed by atoms with Gasteiger partial charge in [-0.15, -0.1) is 0 Å². The number of furan rings is 1. The number of anilines is 1. The Morgan fingerprint density at radius 2 is 2.05 bits per heavy atom. The van der Waals surface area contributed by atoms with Gasteiger partial charge < -0.3 is 14.5 Å². The van der Waals surface area contributed by atoms with E-state index in [1.54, 1.807) is 25.3 Å². The van der Waals surface area contributed by atoms with Crippen molar-refractivity contribution in [3.63, 3.8) is 0 Å². The van der Waals surface area contributed by atoms with Crippen LogP contribution in [0.4, 0.5) is 5.82 Å². The Balaban J connectivity index is 1.95. The second-order valence-electron chi connectivity index (χ2n) is 5.04. The third-order valence-corrected chi connectivity index (χ3v) is 3.48. The number of nitrogens with zero attached hydrogens (tertiary/aromatic N) is 1. The minimum absolute atomic E-state index is 0.284. The van der Waals surface area contributed by atoms with Crippen LogP contribution in [0.3, 0.4) is 0 Å². The molecule has 0 fully saturated rings. The lowest BCUT2D eigenvalue weighted by atomic mass is 10.1. The zero-order chi connectivity index (χ0) is 15.7. The van der Waals surface area contributed by atoms with E-state index in [0.717, 1.165) is 22.4 Å². The summed E-state index contributed by atoms with van der Waals surface area (Å²) in [6, 6.07) is 10.9. The summed E-state index contributed by atoms with van der Waals surface area (Å²) in [4.78, 5) is 16.7. The predicted molar refractivity (Wildman–Crippen MR) is 84.4 cm³/mol. The minimum Gasteiger partial charge on any atom is -0.497 e. The highest BCUT2D eigenvalue weighted by Crippen LogP contribution is 2.29. The highest BCUT2D eigenvalue weighted by molar-refractivity contribution is 6.06. The van der Waals surface area contributed by atoms with Crippen molar-refractivity contribution in [3.8, 4) is 5.75 Å². The number of aryl methyl sites for hydroxylation is 2. The quantitative estimate of drug-likeness (QED) is 0.800. The number of carbonyl (C=O) groups is 1. The van der Waals surface area contributed by atoms with Crippen LogP contribution in [0.2, 0.25) is 0 Å². The number of methoxy groups -OCH3 is 1. The van der Waals surface area contributed by atoms with Crippen LogP contribution >= 0.6 is 0 Å². The Morgan fingerprint density at radius 3 is 2.77 bits per heavy atom. The van der Waals surface area contributed by atoms with Crippen molar-refractivity contribution in [2.45, 2.75) is 13.8 Å². The highest BCUT2D eigenvalue weighted by Gasteiger charge is 2.18. The first-order chi connectivity index (χ1) is 10.6. The summed E-state index contributed by atoms with van der Waals surface area (Å²) in [6.07, 6.45) is 0. The van der Waals surface area contributed by atoms with Gasteiger partial charge in [-0.05, 0) is 44.2 Å². The molecule has 3 rings (SSSR count). The van der Waals surface area contributed by atoms with E-state index in [1.165, 1.54) is 0 Å². The fourth-order valence-electron chi connectivity index (χ4n) is 2.33. The molecule has 0 spiro atoms. The number of carbonyl (C=O) groups excluding carboxylic acids is 1. The highest BCUT2D eigenvalue weighted by atomic mass is 16.5. The van der Waals surface area contributed by atoms with Gasteiger partial charge in [0.25, 0.3) is 5.91 Å². The van der Waals surface area contributed by atoms with E-state index in [0.29, 0.717) is 11.4 Å². The smallest absolute Gasteiger partial charge is 0.292 e. The number of aromatic nitrogens is 1. The molecule has 0 saturated carbocycles. The summed E-state index contributed by atoms with van der Waals surface area (Å²) in [5.41, 5.74) is 2.27. The van der Waals surface area contributed by atoms with Gasteiger partial charge in [0.1, 0.15) is 17.2 Å². The zero-order valence-electron chi connectivity index (χ0n) is 12.6. The van der Waals surface area contributed by atoms with Crippen molar-refractivity contribution >= 4 is 22.7 Å². The van der Waals surface area contributed by atoms with E-state index in [-0.39, 0.29) is 11.7 Å². The van der Waals surface area contributed by atoms with Crippen molar-refractivity contribution in [1.29, 1.82) is 0 Å². The monoisotopic (exact) mass is 296 g/mol. The number of ether oxygens (including phenoxy) is 1. The molecule has 1 aromatic carbocycles. The first-order valence-corrected chi connectivity index (χ1v) is 6.90. The zero-order valence-corrected chi connectivity index (χ0v) is 12.6. The average Bonchev–Trinajstić information content (AvgIpc) is 2.84. The Kier molecular flexibility index (Phi) is 3.55. The molecule has 112 valence electrons. The molecule has 2 aromatic heterocycles. The summed E-state index contributed by atoms with van der Waals surface area (Å²) >= 11 is 0. The van der Waals surface area contributed by atoms with Gasteiger partial charge in [-0.1, -0.05) is 6.07 Å². The normalized spacial score (nSPS) is 10.7. The maximum absolute atomic E-state index is 12.4. The lowest BCUT2D eigenvalue weighted by molar-refractivity contribution is 0.0997. The van der Waals surface area contributed by atoms with Gasteiger partial charge in [-0.25, -0.2) is 4.98 Å². The number of amides is 1. The molecule has 0 bridgehead atoms. The Hall–Kier alpha value is -2.82. The molecule has 1 amide bonds. The van der Waals surface area contributed by atoms with Crippen LogP contribution < -0.4 is 10.1 Å². The van der Waals surface area contributed by atoms with E-state index < -0.39 is 0 Å². The van der Waals surface area contributed by atoms with E-state index in [1.807, 2.05) is 32.0 Å². The molecular weight excluding hydrogens is 280 g/mol. The van der Waals surface area contributed by atoms with E-state index in [2.05, 4.69) is 10.3 Å². The first kappa shape index (κ1) is 14.1. The van der Waals surface area contributed by atoms with Crippen LogP contribution in [0.1, 0.15) is 21.8 Å². The second kappa shape index (κ2) is 5.52. The van der Waals surface area contributed by atoms with Crippen LogP contribution in [0, 0.1) is 13.8 Å². The Bertz CT molecular complexity index is 852. The first-order valence-electron chi connectivity index (χ1n) is 6.90. The predicted octanol–water partition coefficient (Wildman–Crippen LogP) is 3.71. The lowest BCUT2D eigenvalue weighted by Crippen LogP contribution is -2.13. The molecule has 5 heteroatoms. The van der Waals surface area contributed by atoms with Gasteiger partial charge >= 0.3 is 0 Å². The van der Waals surface area contributed by atoms with Gasteiger partial charge in [-0.2, -0.15) is 0 Å². The third kappa shape index (κ3) is 2.53. The summed E-state index contributed by atoms with van der Waals surface area (Å²) in [6.45, 7) is 3.72. The SMILES string of the molecule is COc1ccc2oc(C(=O)Nc3cccc(C)n3)c(C)c2c1. The van der Waals surface area contributed by atoms with Crippen LogP contribution in [-0.2, 0) is 0 Å². The molecule has 3 aromatic rings. The molecule has 0 aliphatic heterocycles. The van der Waals surface area contributed by atoms with Crippen LogP contribution in [0.25, 0.3) is 11.0 Å². The number of fused-ring (bicyclic) bond motifs is 1. The number of rotatable bonds is 3. The van der Waals surface area contributed by atoms with E-state index in [9.17, 15) is 4.79 Å². The topological polar surface area (TPSA) is 64.4 Å². The molecule has 0 unspecified atom stereocenters. The van der Waals surface area contributed by atoms with Gasteiger partial charge in [0.15, 0.2) is 5.76 Å². The Morgan fingerprint density at radius 1 is 1.23 bits per heavy atom. The molecule has 1 N–H and O–H groups in total. The summed E-state index contributed by atoms with van der Waals surface area (Å²) < 4.78 is 10.9. The fourth-order valence-corrected chi connectivity index (χ4v) is 2.33. The largest absolute Gasteiger partial charge is 0.497 e. The summed E-state index contributed by atoms with van der Waals surface area (Å²) in [5, 5.41) is 3.62. The molecule has 0 saturated heterocycles. The van der Waals surface area contributed by atoms with Crippen LogP contribution in [0.15, 0.2) is 40.8 Å². The standard InChI is InChI=1S/C17H16N2O3/c1-10-5-4-6-15(18-10)19-17(20)16-11(2)13-9-12(21-3)7-8-14(13)22-16/h4-9H,1-3H3,(H,18,19,20). The number of hydrogen-bond donors (Lipinski definition) is 1. The van der Waals surface area contributed by atoms with Gasteiger partial charge in [0.05, 0.1) is 7.11 Å². The van der Waals surface area contributed by atoms with E-state index >= 15 is 0 Å². The second-order valence-corrected chi connectivity index (χ2v) is 5.04. The molecule has 0 atom stereocenters. The number of benzene rings is 1. The van der Waals surface area contributed by atoms with Crippen molar-refractivity contribution in [3.05, 3.63) is 53.4 Å². The van der Waals surface area contributed by atoms with Gasteiger partial charge in [0.2, 0.25) is 0 Å². The maximum atomic E-state index is 12.4. The van der Waals surface area contributed by atoms with Crippen molar-refractivity contribution in [2.75, 3.05) is 12.4 Å². The molecule has 22 heavy (non-hydrogen) atoms. The maximum Gasteiger partial charge on any atom is 0.292 e. The minimum atomic E-state index is -0.314. The van der Waals surface area contributed by atoms with Crippen molar-refractivity contribution in [2.24, 2.45) is 0 Å². The summed E-state index contributed by atoms with van der Waals surface area (Å²) in [7, 11) is 1.60. The van der Waals surface area contributed by atoms with Crippen LogP contribution in [0.5, 0.6) is 5.75 Å². The van der Waals surface area contributed by atoms with Crippen molar-refractivity contribution < 1.29 is 13.9 Å². The molecule has 2 heterocycles. The molecule has 0 aliphatic carbocycles. The average molecular weight is 296 g/mol. The fraction of sp³-hybridized carbons (Fsp3) is 0.176. The number of pyridine rings is 1. The summed E-state index contributed by atoms with van der Waals surface area (Å²) in [5.74, 6) is 1.20. The third-order valence-electron chi connectivity index (χ3n) is 3.48. The number of nitrogens with one attached hydrogen (secondary N) is 1.